The molecule has 31 heavy (non-hydrogen) atoms. The number of aromatic nitrogens is 1. The molecule has 1 fully saturated rings. The molecule has 1 aromatic heterocycles. The van der Waals surface area contributed by atoms with Crippen molar-refractivity contribution in [3.8, 4) is 0 Å². The van der Waals surface area contributed by atoms with Crippen molar-refractivity contribution >= 4 is 17.3 Å². The van der Waals surface area contributed by atoms with Crippen molar-refractivity contribution in [3.63, 3.8) is 0 Å². The minimum Gasteiger partial charge on any atom is -0.511 e. The maximum absolute atomic E-state index is 13.1. The zero-order valence-corrected chi connectivity index (χ0v) is 18.1. The van der Waals surface area contributed by atoms with Gasteiger partial charge in [-0.2, -0.15) is 0 Å². The second-order valence-electron chi connectivity index (χ2n) is 8.63. The van der Waals surface area contributed by atoms with E-state index < -0.39 is 0 Å². The first-order valence-electron chi connectivity index (χ1n) is 11.0. The lowest BCUT2D eigenvalue weighted by Gasteiger charge is -2.26. The number of benzene rings is 1. The quantitative estimate of drug-likeness (QED) is 0.547. The number of fused-ring (bicyclic) bond motifs is 1. The van der Waals surface area contributed by atoms with E-state index in [2.05, 4.69) is 10.1 Å². The Morgan fingerprint density at radius 2 is 1.94 bits per heavy atom. The van der Waals surface area contributed by atoms with E-state index in [9.17, 15) is 14.7 Å². The third kappa shape index (κ3) is 4.53. The predicted octanol–water partition coefficient (Wildman–Crippen LogP) is 4.93. The van der Waals surface area contributed by atoms with Gasteiger partial charge in [-0.15, -0.1) is 0 Å². The maximum atomic E-state index is 13.1. The number of ketones is 2. The normalized spacial score (nSPS) is 22.2. The molecule has 1 aromatic carbocycles. The average Bonchev–Trinajstić information content (AvgIpc) is 3.16. The minimum atomic E-state index is -0.0877. The topological polar surface area (TPSA) is 92.8 Å². The molecule has 0 aliphatic heterocycles. The summed E-state index contributed by atoms with van der Waals surface area (Å²) in [6, 6.07) is 9.99. The Kier molecular flexibility index (Phi) is 6.16. The van der Waals surface area contributed by atoms with E-state index in [1.807, 2.05) is 44.2 Å². The molecule has 0 saturated heterocycles. The number of nitrogens with zero attached hydrogens (tertiary/aromatic N) is 2. The molecule has 1 atom stereocenters. The molecule has 2 aliphatic carbocycles. The molecule has 1 saturated carbocycles. The number of hydrogen-bond acceptors (Lipinski definition) is 6. The smallest absolute Gasteiger partial charge is 0.168 e. The van der Waals surface area contributed by atoms with E-state index >= 15 is 0 Å². The van der Waals surface area contributed by atoms with Crippen LogP contribution in [0.4, 0.5) is 0 Å². The molecule has 1 unspecified atom stereocenters. The van der Waals surface area contributed by atoms with Crippen LogP contribution >= 0.6 is 0 Å². The van der Waals surface area contributed by atoms with Crippen LogP contribution in [0.2, 0.25) is 0 Å². The van der Waals surface area contributed by atoms with Crippen LogP contribution in [-0.2, 0) is 17.6 Å². The van der Waals surface area contributed by atoms with Crippen molar-refractivity contribution in [2.24, 2.45) is 4.99 Å². The molecule has 162 valence electrons. The van der Waals surface area contributed by atoms with Crippen molar-refractivity contribution in [2.75, 3.05) is 0 Å². The Morgan fingerprint density at radius 3 is 2.68 bits per heavy atom. The number of aliphatic hydroxyl groups excluding tert-OH is 1. The highest BCUT2D eigenvalue weighted by Gasteiger charge is 2.33. The van der Waals surface area contributed by atoms with Crippen molar-refractivity contribution in [2.45, 2.75) is 70.8 Å². The van der Waals surface area contributed by atoms with E-state index in [-0.39, 0.29) is 35.7 Å². The zero-order valence-electron chi connectivity index (χ0n) is 18.1. The predicted molar refractivity (Wildman–Crippen MR) is 118 cm³/mol. The van der Waals surface area contributed by atoms with Crippen LogP contribution < -0.4 is 0 Å². The minimum absolute atomic E-state index is 0.0142. The Hall–Kier alpha value is -3.02. The van der Waals surface area contributed by atoms with E-state index in [0.29, 0.717) is 60.4 Å². The van der Waals surface area contributed by atoms with Gasteiger partial charge >= 0.3 is 0 Å². The number of aliphatic hydroxyl groups is 1. The third-order valence-corrected chi connectivity index (χ3v) is 5.93. The number of carbonyl (C=O) groups excluding carboxylic acids is 2. The fourth-order valence-electron chi connectivity index (χ4n) is 4.53. The molecule has 1 N–H and O–H groups in total. The summed E-state index contributed by atoms with van der Waals surface area (Å²) in [5.41, 5.74) is 3.25. The Balaban J connectivity index is 1.58. The number of Topliss-reactive ketones (excluding diaryl/α,β-unsaturated/α-hetero) is 2. The van der Waals surface area contributed by atoms with Gasteiger partial charge in [0.05, 0.1) is 16.8 Å². The lowest BCUT2D eigenvalue weighted by atomic mass is 9.78. The molecular formula is C25H28N2O4. The van der Waals surface area contributed by atoms with Crippen LogP contribution in [0.25, 0.3) is 0 Å². The lowest BCUT2D eigenvalue weighted by Crippen LogP contribution is -2.27. The number of hydrogen-bond donors (Lipinski definition) is 1. The molecule has 0 amide bonds. The van der Waals surface area contributed by atoms with Gasteiger partial charge in [0, 0.05) is 43.9 Å². The summed E-state index contributed by atoms with van der Waals surface area (Å²) >= 11 is 0. The standard InChI is InChI=1S/C25H28N2O4/c1-15(2)26-19-13-17(16-7-4-3-5-8-16)14-22(30)24(19)21(29)12-11-18-25-20(28)9-6-10-23(25)31-27-18/h3-5,7-8,15,17,29H,6,9-14H2,1-2H3/b24-21+,26-19?. The molecule has 6 nitrogen and oxygen atoms in total. The van der Waals surface area contributed by atoms with Gasteiger partial charge < -0.3 is 9.63 Å². The number of aliphatic imine (C=N–C) groups is 1. The second kappa shape index (κ2) is 9.00. The fraction of sp³-hybridized carbons (Fsp3) is 0.440. The molecule has 4 rings (SSSR count). The Bertz CT molecular complexity index is 1050. The Morgan fingerprint density at radius 1 is 1.16 bits per heavy atom. The van der Waals surface area contributed by atoms with Crippen molar-refractivity contribution in [1.29, 1.82) is 0 Å². The van der Waals surface area contributed by atoms with Gasteiger partial charge in [-0.3, -0.25) is 14.6 Å². The lowest BCUT2D eigenvalue weighted by molar-refractivity contribution is -0.116. The molecule has 1 heterocycles. The van der Waals surface area contributed by atoms with Crippen LogP contribution in [0.1, 0.15) is 79.2 Å². The summed E-state index contributed by atoms with van der Waals surface area (Å²) in [4.78, 5) is 30.0. The number of rotatable bonds is 5. The molecule has 2 aliphatic rings. The largest absolute Gasteiger partial charge is 0.511 e. The SMILES string of the molecule is CC(C)N=C1CC(c2ccccc2)CC(=O)/C1=C(/O)CCc1noc2c1C(=O)CCC2. The highest BCUT2D eigenvalue weighted by atomic mass is 16.5. The second-order valence-corrected chi connectivity index (χ2v) is 8.63. The third-order valence-electron chi connectivity index (χ3n) is 5.93. The summed E-state index contributed by atoms with van der Waals surface area (Å²) < 4.78 is 5.33. The number of allylic oxidation sites excluding steroid dienone is 2. The summed E-state index contributed by atoms with van der Waals surface area (Å²) in [5, 5.41) is 14.9. The van der Waals surface area contributed by atoms with Gasteiger partial charge in [-0.1, -0.05) is 35.5 Å². The van der Waals surface area contributed by atoms with Gasteiger partial charge in [-0.25, -0.2) is 0 Å². The molecule has 0 spiro atoms. The molecular weight excluding hydrogens is 392 g/mol. The first-order valence-corrected chi connectivity index (χ1v) is 11.0. The molecule has 6 heteroatoms. The van der Waals surface area contributed by atoms with Gasteiger partial charge in [0.25, 0.3) is 0 Å². The monoisotopic (exact) mass is 420 g/mol. The fourth-order valence-corrected chi connectivity index (χ4v) is 4.53. The van der Waals surface area contributed by atoms with Gasteiger partial charge in [0.1, 0.15) is 11.5 Å². The summed E-state index contributed by atoms with van der Waals surface area (Å²) in [7, 11) is 0. The van der Waals surface area contributed by atoms with Gasteiger partial charge in [0.15, 0.2) is 11.6 Å². The number of aryl methyl sites for hydroxylation is 2. The van der Waals surface area contributed by atoms with Crippen LogP contribution in [0, 0.1) is 0 Å². The summed E-state index contributed by atoms with van der Waals surface area (Å²) in [6.45, 7) is 3.93. The first-order chi connectivity index (χ1) is 14.9. The zero-order chi connectivity index (χ0) is 22.0. The highest BCUT2D eigenvalue weighted by molar-refractivity contribution is 6.24. The van der Waals surface area contributed by atoms with Crippen molar-refractivity contribution in [1.82, 2.24) is 5.16 Å². The Labute approximate surface area is 182 Å². The molecule has 0 bridgehead atoms. The first kappa shape index (κ1) is 21.2. The molecule has 0 radical (unpaired) electrons. The van der Waals surface area contributed by atoms with Crippen molar-refractivity contribution < 1.29 is 19.2 Å². The summed E-state index contributed by atoms with van der Waals surface area (Å²) in [6.07, 6.45) is 3.53. The van der Waals surface area contributed by atoms with Gasteiger partial charge in [-0.05, 0) is 38.2 Å². The number of carbonyl (C=O) groups is 2. The molecule has 2 aromatic rings. The van der Waals surface area contributed by atoms with E-state index in [4.69, 9.17) is 4.52 Å². The highest BCUT2D eigenvalue weighted by Crippen LogP contribution is 2.34. The van der Waals surface area contributed by atoms with Crippen LogP contribution in [0.15, 0.2) is 51.2 Å². The maximum Gasteiger partial charge on any atom is 0.168 e. The van der Waals surface area contributed by atoms with E-state index in [0.717, 1.165) is 12.0 Å². The van der Waals surface area contributed by atoms with Gasteiger partial charge in [0.2, 0.25) is 0 Å². The van der Waals surface area contributed by atoms with Crippen LogP contribution in [0.3, 0.4) is 0 Å². The van der Waals surface area contributed by atoms with E-state index in [1.165, 1.54) is 0 Å². The average molecular weight is 421 g/mol. The summed E-state index contributed by atoms with van der Waals surface area (Å²) in [5.74, 6) is 0.681. The van der Waals surface area contributed by atoms with Crippen LogP contribution in [-0.4, -0.2) is 33.6 Å². The van der Waals surface area contributed by atoms with Crippen LogP contribution in [0.5, 0.6) is 0 Å². The van der Waals surface area contributed by atoms with E-state index in [1.54, 1.807) is 0 Å². The van der Waals surface area contributed by atoms with Crippen molar-refractivity contribution in [3.05, 3.63) is 64.2 Å².